The fourth-order valence-corrected chi connectivity index (χ4v) is 5.36. The summed E-state index contributed by atoms with van der Waals surface area (Å²) in [6.45, 7) is 0. The fourth-order valence-electron chi connectivity index (χ4n) is 2.53. The van der Waals surface area contributed by atoms with Gasteiger partial charge in [0, 0.05) is 0 Å². The number of aromatic nitrogens is 4. The molecule has 0 aliphatic carbocycles. The summed E-state index contributed by atoms with van der Waals surface area (Å²) in [7, 11) is -8.58. The number of fused-ring (bicyclic) bond motifs is 2. The Labute approximate surface area is 229 Å². The molecule has 0 aliphatic rings. The van der Waals surface area contributed by atoms with E-state index < -0.39 is 20.2 Å². The first-order chi connectivity index (χ1) is 13.6. The van der Waals surface area contributed by atoms with E-state index in [0.717, 1.165) is 0 Å². The first-order valence-electron chi connectivity index (χ1n) is 7.80. The van der Waals surface area contributed by atoms with Crippen molar-refractivity contribution >= 4 is 125 Å². The van der Waals surface area contributed by atoms with Gasteiger partial charge in [-0.3, -0.25) is 9.11 Å². The van der Waals surface area contributed by atoms with Crippen molar-refractivity contribution in [2.45, 2.75) is 20.1 Å². The van der Waals surface area contributed by atoms with Crippen LogP contribution in [0.15, 0.2) is 56.5 Å². The molecule has 2 aromatic heterocycles. The van der Waals surface area contributed by atoms with Crippen molar-refractivity contribution in [1.29, 1.82) is 0 Å². The van der Waals surface area contributed by atoms with Gasteiger partial charge in [-0.15, -0.1) is 0 Å². The molecule has 0 spiro atoms. The molecule has 0 unspecified atom stereocenters. The first kappa shape index (κ1) is 27.1. The SMILES string of the molecule is O=S(=O)(O)c1ccc2nc(SCSc3nc4ccc(S(=O)(=O)O)cc4[nH]3)[nH]c2c1.[NaH].[NaH]. The van der Waals surface area contributed by atoms with Crippen LogP contribution < -0.4 is 0 Å². The molecule has 0 atom stereocenters. The Bertz CT molecular complexity index is 1340. The average molecular weight is 521 g/mol. The van der Waals surface area contributed by atoms with Crippen LogP contribution in [0.5, 0.6) is 0 Å². The van der Waals surface area contributed by atoms with E-state index >= 15 is 0 Å². The summed E-state index contributed by atoms with van der Waals surface area (Å²) < 4.78 is 63.1. The van der Waals surface area contributed by atoms with E-state index in [4.69, 9.17) is 9.11 Å². The molecule has 4 N–H and O–H groups in total. The molecule has 0 bridgehead atoms. The number of thioether (sulfide) groups is 2. The van der Waals surface area contributed by atoms with Crippen LogP contribution in [0.1, 0.15) is 0 Å². The predicted molar refractivity (Wildman–Crippen MR) is 123 cm³/mol. The quantitative estimate of drug-likeness (QED) is 0.127. The van der Waals surface area contributed by atoms with Crippen LogP contribution in [0.25, 0.3) is 22.1 Å². The van der Waals surface area contributed by atoms with Crippen LogP contribution in [0, 0.1) is 0 Å². The molecular formula is C15H14N4Na2O6S4. The molecule has 2 aromatic carbocycles. The first-order valence-corrected chi connectivity index (χ1v) is 12.6. The van der Waals surface area contributed by atoms with Crippen molar-refractivity contribution in [3.8, 4) is 0 Å². The molecule has 0 radical (unpaired) electrons. The van der Waals surface area contributed by atoms with Crippen molar-refractivity contribution in [3.05, 3.63) is 36.4 Å². The normalized spacial score (nSPS) is 11.9. The molecule has 0 fully saturated rings. The number of nitrogens with one attached hydrogen (secondary N) is 2. The van der Waals surface area contributed by atoms with Gasteiger partial charge < -0.3 is 9.97 Å². The molecule has 0 amide bonds. The van der Waals surface area contributed by atoms with Gasteiger partial charge in [0.25, 0.3) is 20.2 Å². The molecule has 0 aliphatic heterocycles. The van der Waals surface area contributed by atoms with Crippen molar-refractivity contribution in [2.75, 3.05) is 5.08 Å². The van der Waals surface area contributed by atoms with Gasteiger partial charge in [0.15, 0.2) is 10.3 Å². The van der Waals surface area contributed by atoms with E-state index in [1.165, 1.54) is 59.9 Å². The Morgan fingerprint density at radius 1 is 0.742 bits per heavy atom. The van der Waals surface area contributed by atoms with E-state index in [2.05, 4.69) is 19.9 Å². The third kappa shape index (κ3) is 6.49. The number of H-pyrrole nitrogens is 2. The zero-order chi connectivity index (χ0) is 20.8. The second-order valence-electron chi connectivity index (χ2n) is 5.80. The monoisotopic (exact) mass is 520 g/mol. The summed E-state index contributed by atoms with van der Waals surface area (Å²) in [4.78, 5) is 14.2. The summed E-state index contributed by atoms with van der Waals surface area (Å²) in [5.41, 5.74) is 2.08. The zero-order valence-corrected chi connectivity index (χ0v) is 17.5. The van der Waals surface area contributed by atoms with E-state index in [-0.39, 0.29) is 68.9 Å². The van der Waals surface area contributed by atoms with Gasteiger partial charge in [-0.05, 0) is 36.4 Å². The standard InChI is InChI=1S/C15H12N4O6S4.2Na.2H/c20-28(21,22)8-1-3-10-12(5-8)18-14(16-10)26-7-27-15-17-11-4-2-9(29(23,24)25)6-13(11)19-15;;;;/h1-6H,7H2,(H,16,18)(H,17,19)(H,20,21,22)(H,23,24,25);;;;. The molecule has 156 valence electrons. The Morgan fingerprint density at radius 2 is 1.13 bits per heavy atom. The summed E-state index contributed by atoms with van der Waals surface area (Å²) in [6.07, 6.45) is 0. The van der Waals surface area contributed by atoms with E-state index in [9.17, 15) is 16.8 Å². The Balaban J connectivity index is 0.00000171. The molecular weight excluding hydrogens is 506 g/mol. The third-order valence-electron chi connectivity index (χ3n) is 3.85. The molecule has 2 heterocycles. The van der Waals surface area contributed by atoms with Gasteiger partial charge in [0.05, 0.1) is 36.9 Å². The Morgan fingerprint density at radius 3 is 1.48 bits per heavy atom. The number of rotatable bonds is 6. The van der Waals surface area contributed by atoms with Gasteiger partial charge in [0.2, 0.25) is 0 Å². The van der Waals surface area contributed by atoms with Gasteiger partial charge >= 0.3 is 59.1 Å². The van der Waals surface area contributed by atoms with Crippen LogP contribution >= 0.6 is 23.5 Å². The molecule has 16 heteroatoms. The van der Waals surface area contributed by atoms with Crippen molar-refractivity contribution in [3.63, 3.8) is 0 Å². The summed E-state index contributed by atoms with van der Waals surface area (Å²) in [5.74, 6) is 0. The minimum absolute atomic E-state index is 0. The number of hydrogen-bond donors (Lipinski definition) is 4. The summed E-state index contributed by atoms with van der Waals surface area (Å²) in [6, 6.07) is 8.16. The van der Waals surface area contributed by atoms with Crippen LogP contribution in [-0.2, 0) is 20.2 Å². The van der Waals surface area contributed by atoms with Crippen LogP contribution in [0.4, 0.5) is 0 Å². The summed E-state index contributed by atoms with van der Waals surface area (Å²) in [5, 5.41) is 1.63. The molecule has 0 saturated heterocycles. The predicted octanol–water partition coefficient (Wildman–Crippen LogP) is 1.48. The fraction of sp³-hybridized carbons (Fsp3) is 0.0667. The number of imidazole rings is 2. The number of aromatic amines is 2. The molecule has 31 heavy (non-hydrogen) atoms. The Hall–Kier alpha value is -0.1000. The Kier molecular flexibility index (Phi) is 9.15. The van der Waals surface area contributed by atoms with E-state index in [1.54, 1.807) is 0 Å². The molecule has 10 nitrogen and oxygen atoms in total. The van der Waals surface area contributed by atoms with Crippen LogP contribution in [-0.4, -0.2) is 110 Å². The van der Waals surface area contributed by atoms with E-state index in [0.29, 0.717) is 37.5 Å². The number of hydrogen-bond acceptors (Lipinski definition) is 8. The zero-order valence-electron chi connectivity index (χ0n) is 14.2. The third-order valence-corrected chi connectivity index (χ3v) is 7.43. The van der Waals surface area contributed by atoms with E-state index in [1.807, 2.05) is 0 Å². The second kappa shape index (κ2) is 10.4. The minimum atomic E-state index is -4.29. The van der Waals surface area contributed by atoms with Gasteiger partial charge in [-0.2, -0.15) is 16.8 Å². The summed E-state index contributed by atoms with van der Waals surface area (Å²) >= 11 is 2.72. The second-order valence-corrected chi connectivity index (χ2v) is 10.9. The van der Waals surface area contributed by atoms with Gasteiger partial charge in [-0.25, -0.2) is 9.97 Å². The molecule has 0 saturated carbocycles. The average Bonchev–Trinajstić information content (AvgIpc) is 3.21. The maximum atomic E-state index is 11.2. The van der Waals surface area contributed by atoms with Gasteiger partial charge in [-0.1, -0.05) is 23.5 Å². The number of benzene rings is 2. The van der Waals surface area contributed by atoms with Crippen molar-refractivity contribution in [2.24, 2.45) is 0 Å². The van der Waals surface area contributed by atoms with Crippen LogP contribution in [0.3, 0.4) is 0 Å². The number of nitrogens with zero attached hydrogens (tertiary/aromatic N) is 2. The molecule has 4 aromatic rings. The maximum absolute atomic E-state index is 11.2. The van der Waals surface area contributed by atoms with Gasteiger partial charge in [0.1, 0.15) is 0 Å². The molecule has 4 rings (SSSR count). The van der Waals surface area contributed by atoms with Crippen molar-refractivity contribution < 1.29 is 25.9 Å². The van der Waals surface area contributed by atoms with Crippen LogP contribution in [0.2, 0.25) is 0 Å². The van der Waals surface area contributed by atoms with Crippen molar-refractivity contribution in [1.82, 2.24) is 19.9 Å². The topological polar surface area (TPSA) is 166 Å².